The van der Waals surface area contributed by atoms with E-state index in [0.29, 0.717) is 5.15 Å². The Hall–Kier alpha value is -1.72. The highest BCUT2D eigenvalue weighted by atomic mass is 35.5. The number of anilines is 1. The van der Waals surface area contributed by atoms with Crippen molar-refractivity contribution in [1.29, 1.82) is 0 Å². The Morgan fingerprint density at radius 2 is 1.73 bits per heavy atom. The van der Waals surface area contributed by atoms with Gasteiger partial charge in [-0.05, 0) is 37.6 Å². The average molecular weight is 318 g/mol. The maximum absolute atomic E-state index is 5.94. The zero-order valence-electron chi connectivity index (χ0n) is 13.0. The second-order valence-corrected chi connectivity index (χ2v) is 6.09. The van der Waals surface area contributed by atoms with Gasteiger partial charge in [-0.2, -0.15) is 0 Å². The molecule has 5 nitrogen and oxygen atoms in total. The van der Waals surface area contributed by atoms with Crippen molar-refractivity contribution in [1.82, 2.24) is 19.9 Å². The maximum atomic E-state index is 5.94. The Balaban J connectivity index is 1.60. The largest absolute Gasteiger partial charge is 0.338 e. The molecular formula is C16H20ClN5. The van der Waals surface area contributed by atoms with Crippen LogP contribution in [-0.2, 0) is 6.54 Å². The molecule has 3 rings (SSSR count). The van der Waals surface area contributed by atoms with Crippen molar-refractivity contribution in [2.45, 2.75) is 20.4 Å². The molecule has 0 aromatic carbocycles. The highest BCUT2D eigenvalue weighted by Crippen LogP contribution is 2.15. The molecule has 0 amide bonds. The van der Waals surface area contributed by atoms with E-state index < -0.39 is 0 Å². The average Bonchev–Trinajstić information content (AvgIpc) is 2.47. The van der Waals surface area contributed by atoms with E-state index in [1.54, 1.807) is 6.20 Å². The van der Waals surface area contributed by atoms with Gasteiger partial charge in [0.2, 0.25) is 5.95 Å². The predicted molar refractivity (Wildman–Crippen MR) is 88.2 cm³/mol. The number of pyridine rings is 1. The van der Waals surface area contributed by atoms with Gasteiger partial charge in [-0.15, -0.1) is 0 Å². The third-order valence-corrected chi connectivity index (χ3v) is 4.03. The van der Waals surface area contributed by atoms with Crippen molar-refractivity contribution in [3.8, 4) is 0 Å². The zero-order valence-corrected chi connectivity index (χ0v) is 13.7. The van der Waals surface area contributed by atoms with E-state index in [2.05, 4.69) is 24.8 Å². The highest BCUT2D eigenvalue weighted by molar-refractivity contribution is 6.29. The van der Waals surface area contributed by atoms with E-state index in [-0.39, 0.29) is 0 Å². The SMILES string of the molecule is Cc1cc(C)nc(N2CCN(Cc3ccnc(Cl)c3)CC2)n1. The van der Waals surface area contributed by atoms with Gasteiger partial charge in [0, 0.05) is 50.3 Å². The standard InChI is InChI=1S/C16H20ClN5/c1-12-9-13(2)20-16(19-12)22-7-5-21(6-8-22)11-14-3-4-18-15(17)10-14/h3-4,9-10H,5-8,11H2,1-2H3. The molecule has 1 saturated heterocycles. The number of aryl methyl sites for hydroxylation is 2. The molecule has 0 N–H and O–H groups in total. The smallest absolute Gasteiger partial charge is 0.225 e. The summed E-state index contributed by atoms with van der Waals surface area (Å²) in [6.45, 7) is 8.82. The van der Waals surface area contributed by atoms with Crippen molar-refractivity contribution < 1.29 is 0 Å². The molecule has 1 aliphatic heterocycles. The molecule has 0 atom stereocenters. The summed E-state index contributed by atoms with van der Waals surface area (Å²) in [5.74, 6) is 0.851. The van der Waals surface area contributed by atoms with Crippen LogP contribution in [0.5, 0.6) is 0 Å². The molecule has 2 aromatic heterocycles. The van der Waals surface area contributed by atoms with E-state index in [4.69, 9.17) is 11.6 Å². The van der Waals surface area contributed by atoms with E-state index in [0.717, 1.165) is 50.1 Å². The van der Waals surface area contributed by atoms with Crippen LogP contribution in [0.3, 0.4) is 0 Å². The lowest BCUT2D eigenvalue weighted by molar-refractivity contribution is 0.248. The molecule has 1 fully saturated rings. The fraction of sp³-hybridized carbons (Fsp3) is 0.438. The van der Waals surface area contributed by atoms with Crippen molar-refractivity contribution in [3.05, 3.63) is 46.5 Å². The summed E-state index contributed by atoms with van der Waals surface area (Å²) in [5.41, 5.74) is 3.25. The van der Waals surface area contributed by atoms with Gasteiger partial charge in [0.05, 0.1) is 0 Å². The second-order valence-electron chi connectivity index (χ2n) is 5.70. The van der Waals surface area contributed by atoms with E-state index >= 15 is 0 Å². The van der Waals surface area contributed by atoms with Gasteiger partial charge in [-0.25, -0.2) is 15.0 Å². The molecule has 0 saturated carbocycles. The zero-order chi connectivity index (χ0) is 15.5. The molecule has 0 bridgehead atoms. The van der Waals surface area contributed by atoms with Crippen LogP contribution >= 0.6 is 11.6 Å². The normalized spacial score (nSPS) is 16.0. The Kier molecular flexibility index (Phi) is 4.55. The topological polar surface area (TPSA) is 45.2 Å². The molecular weight excluding hydrogens is 298 g/mol. The monoisotopic (exact) mass is 317 g/mol. The minimum Gasteiger partial charge on any atom is -0.338 e. The van der Waals surface area contributed by atoms with Gasteiger partial charge in [0.1, 0.15) is 5.15 Å². The predicted octanol–water partition coefficient (Wildman–Crippen LogP) is 2.46. The van der Waals surface area contributed by atoms with Crippen LogP contribution in [0.4, 0.5) is 5.95 Å². The Morgan fingerprint density at radius 1 is 1.05 bits per heavy atom. The van der Waals surface area contributed by atoms with Crippen molar-refractivity contribution in [3.63, 3.8) is 0 Å². The Morgan fingerprint density at radius 3 is 2.36 bits per heavy atom. The van der Waals surface area contributed by atoms with Crippen LogP contribution in [0, 0.1) is 13.8 Å². The first-order chi connectivity index (χ1) is 10.6. The number of nitrogens with zero attached hydrogens (tertiary/aromatic N) is 5. The lowest BCUT2D eigenvalue weighted by Gasteiger charge is -2.34. The van der Waals surface area contributed by atoms with Gasteiger partial charge in [-0.1, -0.05) is 11.6 Å². The van der Waals surface area contributed by atoms with Gasteiger partial charge in [0.15, 0.2) is 0 Å². The summed E-state index contributed by atoms with van der Waals surface area (Å²) >= 11 is 5.94. The first-order valence-corrected chi connectivity index (χ1v) is 7.88. The fourth-order valence-electron chi connectivity index (χ4n) is 2.75. The van der Waals surface area contributed by atoms with E-state index in [1.807, 2.05) is 32.0 Å². The van der Waals surface area contributed by atoms with Gasteiger partial charge < -0.3 is 4.90 Å². The lowest BCUT2D eigenvalue weighted by Crippen LogP contribution is -2.46. The van der Waals surface area contributed by atoms with Crippen molar-refractivity contribution in [2.75, 3.05) is 31.1 Å². The number of hydrogen-bond acceptors (Lipinski definition) is 5. The summed E-state index contributed by atoms with van der Waals surface area (Å²) in [5, 5.41) is 0.555. The van der Waals surface area contributed by atoms with Crippen molar-refractivity contribution >= 4 is 17.5 Å². The molecule has 0 unspecified atom stereocenters. The van der Waals surface area contributed by atoms with Crippen LogP contribution in [0.1, 0.15) is 17.0 Å². The number of hydrogen-bond donors (Lipinski definition) is 0. The van der Waals surface area contributed by atoms with Crippen LogP contribution in [0.25, 0.3) is 0 Å². The first-order valence-electron chi connectivity index (χ1n) is 7.50. The molecule has 116 valence electrons. The number of rotatable bonds is 3. The van der Waals surface area contributed by atoms with Crippen molar-refractivity contribution in [2.24, 2.45) is 0 Å². The van der Waals surface area contributed by atoms with Gasteiger partial charge in [0.25, 0.3) is 0 Å². The number of piperazine rings is 1. The second kappa shape index (κ2) is 6.58. The summed E-state index contributed by atoms with van der Waals surface area (Å²) in [4.78, 5) is 17.8. The Bertz CT molecular complexity index is 632. The molecule has 2 aromatic rings. The van der Waals surface area contributed by atoms with Crippen LogP contribution < -0.4 is 4.90 Å². The number of aromatic nitrogens is 3. The summed E-state index contributed by atoms with van der Waals surface area (Å²) in [6.07, 6.45) is 1.76. The summed E-state index contributed by atoms with van der Waals surface area (Å²) in [6, 6.07) is 5.96. The molecule has 1 aliphatic rings. The molecule has 22 heavy (non-hydrogen) atoms. The highest BCUT2D eigenvalue weighted by Gasteiger charge is 2.19. The van der Waals surface area contributed by atoms with Gasteiger partial charge >= 0.3 is 0 Å². The fourth-order valence-corrected chi connectivity index (χ4v) is 2.95. The first kappa shape index (κ1) is 15.2. The maximum Gasteiger partial charge on any atom is 0.225 e. The summed E-state index contributed by atoms with van der Waals surface area (Å²) in [7, 11) is 0. The number of halogens is 1. The lowest BCUT2D eigenvalue weighted by atomic mass is 10.2. The molecule has 0 aliphatic carbocycles. The molecule has 6 heteroatoms. The molecule has 3 heterocycles. The minimum absolute atomic E-state index is 0.555. The quantitative estimate of drug-likeness (QED) is 0.814. The van der Waals surface area contributed by atoms with Gasteiger partial charge in [-0.3, -0.25) is 4.90 Å². The Labute approximate surface area is 136 Å². The minimum atomic E-state index is 0.555. The summed E-state index contributed by atoms with van der Waals surface area (Å²) < 4.78 is 0. The third-order valence-electron chi connectivity index (χ3n) is 3.82. The van der Waals surface area contributed by atoms with Crippen LogP contribution in [0.2, 0.25) is 5.15 Å². The third kappa shape index (κ3) is 3.72. The molecule has 0 spiro atoms. The van der Waals surface area contributed by atoms with Crippen LogP contribution in [-0.4, -0.2) is 46.0 Å². The van der Waals surface area contributed by atoms with E-state index in [1.165, 1.54) is 5.56 Å². The van der Waals surface area contributed by atoms with E-state index in [9.17, 15) is 0 Å². The van der Waals surface area contributed by atoms with Crippen LogP contribution in [0.15, 0.2) is 24.4 Å². The molecule has 0 radical (unpaired) electrons.